The molecule has 0 heterocycles. The van der Waals surface area contributed by atoms with Gasteiger partial charge in [-0.1, -0.05) is 60.1 Å². The fraction of sp³-hybridized carbons (Fsp3) is 0.294. The third kappa shape index (κ3) is 3.68. The molecule has 0 fully saturated rings. The minimum Gasteiger partial charge on any atom is -0.388 e. The van der Waals surface area contributed by atoms with Crippen molar-refractivity contribution in [2.75, 3.05) is 0 Å². The monoisotopic (exact) mass is 336 g/mol. The average molecular weight is 337 g/mol. The van der Waals surface area contributed by atoms with Crippen LogP contribution in [-0.2, 0) is 6.42 Å². The average Bonchev–Trinajstić information content (AvgIpc) is 2.39. The van der Waals surface area contributed by atoms with Crippen molar-refractivity contribution in [2.24, 2.45) is 0 Å². The van der Waals surface area contributed by atoms with Gasteiger partial charge in [-0.2, -0.15) is 0 Å². The zero-order valence-electron chi connectivity index (χ0n) is 11.6. The van der Waals surface area contributed by atoms with Crippen LogP contribution in [0.2, 0.25) is 0 Å². The Bertz CT molecular complexity index is 578. The number of halogens is 2. The van der Waals surface area contributed by atoms with Crippen LogP contribution in [0.1, 0.15) is 42.6 Å². The molecule has 0 aliphatic carbocycles. The second kappa shape index (κ2) is 6.51. The summed E-state index contributed by atoms with van der Waals surface area (Å²) >= 11 is 3.29. The standard InChI is InChI=1S/C17H18BrFO/c1-11(2)13-5-3-12(4-6-13)9-17(20)15-8-7-14(19)10-16(15)18/h3-8,10-11,17,20H,9H2,1-2H3. The van der Waals surface area contributed by atoms with Crippen molar-refractivity contribution in [3.63, 3.8) is 0 Å². The number of aliphatic hydroxyl groups excluding tert-OH is 1. The van der Waals surface area contributed by atoms with Gasteiger partial charge in [-0.3, -0.25) is 0 Å². The number of hydrogen-bond donors (Lipinski definition) is 1. The molecule has 3 heteroatoms. The Kier molecular flexibility index (Phi) is 4.95. The Morgan fingerprint density at radius 1 is 1.10 bits per heavy atom. The zero-order valence-corrected chi connectivity index (χ0v) is 13.2. The fourth-order valence-corrected chi connectivity index (χ4v) is 2.76. The van der Waals surface area contributed by atoms with E-state index in [0.717, 1.165) is 5.56 Å². The summed E-state index contributed by atoms with van der Waals surface area (Å²) in [4.78, 5) is 0. The fourth-order valence-electron chi connectivity index (χ4n) is 2.14. The first-order chi connectivity index (χ1) is 9.47. The van der Waals surface area contributed by atoms with Crippen molar-refractivity contribution < 1.29 is 9.50 Å². The van der Waals surface area contributed by atoms with Gasteiger partial charge < -0.3 is 5.11 Å². The van der Waals surface area contributed by atoms with Crippen LogP contribution < -0.4 is 0 Å². The van der Waals surface area contributed by atoms with Crippen molar-refractivity contribution in [1.29, 1.82) is 0 Å². The molecule has 0 saturated heterocycles. The Morgan fingerprint density at radius 2 is 1.75 bits per heavy atom. The molecule has 0 aliphatic heterocycles. The van der Waals surface area contributed by atoms with Gasteiger partial charge in [-0.05, 0) is 34.7 Å². The van der Waals surface area contributed by atoms with Gasteiger partial charge in [0.15, 0.2) is 0 Å². The highest BCUT2D eigenvalue weighted by atomic mass is 79.9. The molecule has 1 N–H and O–H groups in total. The molecule has 106 valence electrons. The third-order valence-electron chi connectivity index (χ3n) is 3.40. The highest BCUT2D eigenvalue weighted by Gasteiger charge is 2.13. The molecule has 1 atom stereocenters. The molecular formula is C17H18BrFO. The largest absolute Gasteiger partial charge is 0.388 e. The normalized spacial score (nSPS) is 12.7. The molecule has 0 aromatic heterocycles. The van der Waals surface area contributed by atoms with Gasteiger partial charge in [0.1, 0.15) is 5.82 Å². The van der Waals surface area contributed by atoms with Gasteiger partial charge in [0.25, 0.3) is 0 Å². The predicted octanol–water partition coefficient (Wildman–Crippen LogP) is 4.99. The second-order valence-electron chi connectivity index (χ2n) is 5.28. The first kappa shape index (κ1) is 15.2. The van der Waals surface area contributed by atoms with E-state index in [2.05, 4.69) is 41.9 Å². The van der Waals surface area contributed by atoms with Gasteiger partial charge in [0, 0.05) is 10.9 Å². The van der Waals surface area contributed by atoms with E-state index < -0.39 is 6.10 Å². The van der Waals surface area contributed by atoms with Crippen LogP contribution in [0.5, 0.6) is 0 Å². The summed E-state index contributed by atoms with van der Waals surface area (Å²) in [6.45, 7) is 4.30. The van der Waals surface area contributed by atoms with Crippen LogP contribution in [0.3, 0.4) is 0 Å². The molecule has 20 heavy (non-hydrogen) atoms. The lowest BCUT2D eigenvalue weighted by Gasteiger charge is -2.14. The maximum absolute atomic E-state index is 13.0. The smallest absolute Gasteiger partial charge is 0.124 e. The topological polar surface area (TPSA) is 20.2 Å². The minimum absolute atomic E-state index is 0.311. The van der Waals surface area contributed by atoms with E-state index in [1.54, 1.807) is 6.07 Å². The first-order valence-electron chi connectivity index (χ1n) is 6.69. The molecule has 0 radical (unpaired) electrons. The summed E-state index contributed by atoms with van der Waals surface area (Å²) in [6, 6.07) is 12.6. The second-order valence-corrected chi connectivity index (χ2v) is 6.14. The van der Waals surface area contributed by atoms with Crippen molar-refractivity contribution in [1.82, 2.24) is 0 Å². The summed E-state index contributed by atoms with van der Waals surface area (Å²) in [5.74, 6) is 0.189. The van der Waals surface area contributed by atoms with Gasteiger partial charge in [-0.25, -0.2) is 4.39 Å². The van der Waals surface area contributed by atoms with Gasteiger partial charge in [0.05, 0.1) is 6.10 Å². The SMILES string of the molecule is CC(C)c1ccc(CC(O)c2ccc(F)cc2Br)cc1. The number of benzene rings is 2. The molecular weight excluding hydrogens is 319 g/mol. The van der Waals surface area contributed by atoms with Crippen LogP contribution in [-0.4, -0.2) is 5.11 Å². The minimum atomic E-state index is -0.644. The maximum atomic E-state index is 13.0. The van der Waals surface area contributed by atoms with E-state index in [0.29, 0.717) is 22.4 Å². The van der Waals surface area contributed by atoms with E-state index >= 15 is 0 Å². The summed E-state index contributed by atoms with van der Waals surface area (Å²) in [5, 5.41) is 10.3. The summed E-state index contributed by atoms with van der Waals surface area (Å²) in [6.07, 6.45) is -0.127. The third-order valence-corrected chi connectivity index (χ3v) is 4.08. The zero-order chi connectivity index (χ0) is 14.7. The van der Waals surface area contributed by atoms with Crippen LogP contribution in [0.4, 0.5) is 4.39 Å². The molecule has 0 bridgehead atoms. The van der Waals surface area contributed by atoms with Crippen LogP contribution >= 0.6 is 15.9 Å². The summed E-state index contributed by atoms with van der Waals surface area (Å²) in [5.41, 5.74) is 3.06. The van der Waals surface area contributed by atoms with E-state index in [4.69, 9.17) is 0 Å². The van der Waals surface area contributed by atoms with Crippen molar-refractivity contribution in [2.45, 2.75) is 32.3 Å². The molecule has 0 amide bonds. The van der Waals surface area contributed by atoms with Gasteiger partial charge in [0.2, 0.25) is 0 Å². The first-order valence-corrected chi connectivity index (χ1v) is 7.48. The van der Waals surface area contributed by atoms with Crippen LogP contribution in [0.15, 0.2) is 46.9 Å². The van der Waals surface area contributed by atoms with Crippen LogP contribution in [0, 0.1) is 5.82 Å². The predicted molar refractivity (Wildman–Crippen MR) is 83.3 cm³/mol. The number of hydrogen-bond acceptors (Lipinski definition) is 1. The Balaban J connectivity index is 2.12. The summed E-state index contributed by atoms with van der Waals surface area (Å²) in [7, 11) is 0. The number of aliphatic hydroxyl groups is 1. The Labute approximate surface area is 127 Å². The van der Waals surface area contributed by atoms with E-state index in [1.807, 2.05) is 12.1 Å². The van der Waals surface area contributed by atoms with E-state index in [9.17, 15) is 9.50 Å². The number of rotatable bonds is 4. The molecule has 0 spiro atoms. The molecule has 0 saturated carbocycles. The lowest BCUT2D eigenvalue weighted by atomic mass is 9.97. The quantitative estimate of drug-likeness (QED) is 0.833. The highest BCUT2D eigenvalue weighted by molar-refractivity contribution is 9.10. The van der Waals surface area contributed by atoms with Crippen molar-refractivity contribution in [3.8, 4) is 0 Å². The van der Waals surface area contributed by atoms with Crippen molar-refractivity contribution in [3.05, 3.63) is 69.4 Å². The van der Waals surface area contributed by atoms with E-state index in [1.165, 1.54) is 17.7 Å². The molecule has 0 aliphatic rings. The lowest BCUT2D eigenvalue weighted by Crippen LogP contribution is -2.03. The Hall–Kier alpha value is -1.19. The maximum Gasteiger partial charge on any atom is 0.124 e. The van der Waals surface area contributed by atoms with Gasteiger partial charge >= 0.3 is 0 Å². The highest BCUT2D eigenvalue weighted by Crippen LogP contribution is 2.27. The lowest BCUT2D eigenvalue weighted by molar-refractivity contribution is 0.177. The molecule has 2 aromatic rings. The molecule has 2 rings (SSSR count). The molecule has 1 nitrogen and oxygen atoms in total. The van der Waals surface area contributed by atoms with Crippen molar-refractivity contribution >= 4 is 15.9 Å². The Morgan fingerprint density at radius 3 is 2.30 bits per heavy atom. The van der Waals surface area contributed by atoms with E-state index in [-0.39, 0.29) is 5.82 Å². The molecule has 2 aromatic carbocycles. The van der Waals surface area contributed by atoms with Crippen LogP contribution in [0.25, 0.3) is 0 Å². The van der Waals surface area contributed by atoms with Gasteiger partial charge in [-0.15, -0.1) is 0 Å². The summed E-state index contributed by atoms with van der Waals surface area (Å²) < 4.78 is 13.6. The molecule has 1 unspecified atom stereocenters.